The summed E-state index contributed by atoms with van der Waals surface area (Å²) in [5.41, 5.74) is 0.226. The summed E-state index contributed by atoms with van der Waals surface area (Å²) in [4.78, 5) is 12.0. The minimum Gasteiger partial charge on any atom is -0.405 e. The minimum absolute atomic E-state index is 0. The molecule has 0 bridgehead atoms. The SMILES string of the molecule is Cl.O=C(NCc1ccc(Cl)cc1OC(F)(F)F)C1CCNCC1. The quantitative estimate of drug-likeness (QED) is 0.852. The van der Waals surface area contributed by atoms with Crippen LogP contribution in [0.1, 0.15) is 18.4 Å². The maximum Gasteiger partial charge on any atom is 0.573 e. The molecule has 0 aliphatic carbocycles. The summed E-state index contributed by atoms with van der Waals surface area (Å²) < 4.78 is 41.1. The van der Waals surface area contributed by atoms with E-state index in [4.69, 9.17) is 11.6 Å². The van der Waals surface area contributed by atoms with Gasteiger partial charge in [-0.25, -0.2) is 0 Å². The number of alkyl halides is 3. The van der Waals surface area contributed by atoms with E-state index >= 15 is 0 Å². The fourth-order valence-electron chi connectivity index (χ4n) is 2.30. The molecule has 0 spiro atoms. The molecule has 1 fully saturated rings. The third-order valence-electron chi connectivity index (χ3n) is 3.42. The first-order valence-electron chi connectivity index (χ1n) is 6.88. The number of rotatable bonds is 4. The largest absolute Gasteiger partial charge is 0.573 e. The molecule has 2 rings (SSSR count). The maximum absolute atomic E-state index is 12.4. The summed E-state index contributed by atoms with van der Waals surface area (Å²) in [6.45, 7) is 1.49. The first kappa shape index (κ1) is 19.9. The zero-order valence-electron chi connectivity index (χ0n) is 12.1. The van der Waals surface area contributed by atoms with Crippen LogP contribution in [0, 0.1) is 5.92 Å². The molecule has 1 aromatic rings. The summed E-state index contributed by atoms with van der Waals surface area (Å²) in [6.07, 6.45) is -3.37. The van der Waals surface area contributed by atoms with Gasteiger partial charge < -0.3 is 15.4 Å². The lowest BCUT2D eigenvalue weighted by atomic mass is 9.97. The predicted octanol–water partition coefficient (Wildman–Crippen LogP) is 3.28. The number of halogens is 5. The van der Waals surface area contributed by atoms with E-state index in [0.29, 0.717) is 0 Å². The highest BCUT2D eigenvalue weighted by atomic mass is 35.5. The molecule has 0 unspecified atom stereocenters. The molecule has 1 saturated heterocycles. The number of amides is 1. The number of carbonyl (C=O) groups is 1. The molecule has 1 heterocycles. The Hall–Kier alpha value is -1.18. The van der Waals surface area contributed by atoms with Crippen molar-refractivity contribution < 1.29 is 22.7 Å². The van der Waals surface area contributed by atoms with E-state index in [1.165, 1.54) is 12.1 Å². The number of carbonyl (C=O) groups excluding carboxylic acids is 1. The van der Waals surface area contributed by atoms with Crippen molar-refractivity contribution in [2.75, 3.05) is 13.1 Å². The highest BCUT2D eigenvalue weighted by Gasteiger charge is 2.32. The Morgan fingerprint density at radius 2 is 2.00 bits per heavy atom. The summed E-state index contributed by atoms with van der Waals surface area (Å²) in [6, 6.07) is 3.95. The second-order valence-corrected chi connectivity index (χ2v) is 5.48. The molecule has 130 valence electrons. The topological polar surface area (TPSA) is 50.4 Å². The monoisotopic (exact) mass is 372 g/mol. The van der Waals surface area contributed by atoms with Crippen molar-refractivity contribution in [1.29, 1.82) is 0 Å². The van der Waals surface area contributed by atoms with E-state index in [2.05, 4.69) is 15.4 Å². The molecule has 0 radical (unpaired) electrons. The number of hydrogen-bond donors (Lipinski definition) is 2. The van der Waals surface area contributed by atoms with Gasteiger partial charge in [0.15, 0.2) is 0 Å². The van der Waals surface area contributed by atoms with Crippen LogP contribution in [0.15, 0.2) is 18.2 Å². The van der Waals surface area contributed by atoms with E-state index in [-0.39, 0.29) is 41.4 Å². The molecule has 0 atom stereocenters. The molecule has 1 aliphatic heterocycles. The summed E-state index contributed by atoms with van der Waals surface area (Å²) in [5.74, 6) is -0.666. The Labute approximate surface area is 143 Å². The van der Waals surface area contributed by atoms with E-state index in [1.807, 2.05) is 0 Å². The number of benzene rings is 1. The Kier molecular flexibility index (Phi) is 7.44. The molecule has 0 aromatic heterocycles. The van der Waals surface area contributed by atoms with Crippen molar-refractivity contribution in [3.63, 3.8) is 0 Å². The number of ether oxygens (including phenoxy) is 1. The third-order valence-corrected chi connectivity index (χ3v) is 3.65. The molecular formula is C14H17Cl2F3N2O2. The predicted molar refractivity (Wildman–Crippen MR) is 82.8 cm³/mol. The summed E-state index contributed by atoms with van der Waals surface area (Å²) in [5, 5.41) is 5.93. The van der Waals surface area contributed by atoms with E-state index in [9.17, 15) is 18.0 Å². The van der Waals surface area contributed by atoms with Crippen LogP contribution in [0.4, 0.5) is 13.2 Å². The molecule has 1 aromatic carbocycles. The normalized spacial score (nSPS) is 15.7. The fraction of sp³-hybridized carbons (Fsp3) is 0.500. The number of piperidine rings is 1. The second kappa shape index (κ2) is 8.61. The lowest BCUT2D eigenvalue weighted by molar-refractivity contribution is -0.274. The van der Waals surface area contributed by atoms with Gasteiger partial charge in [0.1, 0.15) is 5.75 Å². The Balaban J connectivity index is 0.00000264. The van der Waals surface area contributed by atoms with Gasteiger partial charge in [0.25, 0.3) is 0 Å². The van der Waals surface area contributed by atoms with Crippen molar-refractivity contribution >= 4 is 29.9 Å². The standard InChI is InChI=1S/C14H16ClF3N2O2.ClH/c15-11-2-1-10(12(7-11)22-14(16,17)18)8-20-13(21)9-3-5-19-6-4-9;/h1-2,7,9,19H,3-6,8H2,(H,20,21);1H. The highest BCUT2D eigenvalue weighted by Crippen LogP contribution is 2.29. The van der Waals surface area contributed by atoms with E-state index < -0.39 is 12.1 Å². The molecular weight excluding hydrogens is 356 g/mol. The number of hydrogen-bond acceptors (Lipinski definition) is 3. The van der Waals surface area contributed by atoms with Crippen LogP contribution in [0.5, 0.6) is 5.75 Å². The molecule has 9 heteroatoms. The molecule has 1 amide bonds. The molecule has 2 N–H and O–H groups in total. The molecule has 23 heavy (non-hydrogen) atoms. The fourth-order valence-corrected chi connectivity index (χ4v) is 2.47. The van der Waals surface area contributed by atoms with Crippen LogP contribution in [0.25, 0.3) is 0 Å². The van der Waals surface area contributed by atoms with Gasteiger partial charge in [-0.3, -0.25) is 4.79 Å². The first-order chi connectivity index (χ1) is 10.3. The average molecular weight is 373 g/mol. The van der Waals surface area contributed by atoms with Crippen LogP contribution < -0.4 is 15.4 Å². The van der Waals surface area contributed by atoms with Gasteiger partial charge in [-0.05, 0) is 38.1 Å². The maximum atomic E-state index is 12.4. The van der Waals surface area contributed by atoms with E-state index in [1.54, 1.807) is 0 Å². The Morgan fingerprint density at radius 3 is 2.61 bits per heavy atom. The zero-order valence-corrected chi connectivity index (χ0v) is 13.7. The minimum atomic E-state index is -4.81. The van der Waals surface area contributed by atoms with Gasteiger partial charge >= 0.3 is 6.36 Å². The van der Waals surface area contributed by atoms with Crippen LogP contribution >= 0.6 is 24.0 Å². The highest BCUT2D eigenvalue weighted by molar-refractivity contribution is 6.30. The molecule has 1 aliphatic rings. The third kappa shape index (κ3) is 6.45. The smallest absolute Gasteiger partial charge is 0.405 e. The lowest BCUT2D eigenvalue weighted by Crippen LogP contribution is -2.38. The van der Waals surface area contributed by atoms with Gasteiger partial charge in [0.05, 0.1) is 0 Å². The van der Waals surface area contributed by atoms with Gasteiger partial charge in [0, 0.05) is 23.0 Å². The van der Waals surface area contributed by atoms with Crippen molar-refractivity contribution in [2.24, 2.45) is 5.92 Å². The lowest BCUT2D eigenvalue weighted by Gasteiger charge is -2.22. The van der Waals surface area contributed by atoms with Gasteiger partial charge in [0.2, 0.25) is 5.91 Å². The van der Waals surface area contributed by atoms with Crippen molar-refractivity contribution in [1.82, 2.24) is 10.6 Å². The van der Waals surface area contributed by atoms with Crippen LogP contribution in [0.3, 0.4) is 0 Å². The Bertz CT molecular complexity index is 535. The first-order valence-corrected chi connectivity index (χ1v) is 7.25. The van der Waals surface area contributed by atoms with Crippen LogP contribution in [0.2, 0.25) is 5.02 Å². The van der Waals surface area contributed by atoms with Gasteiger partial charge in [-0.1, -0.05) is 17.7 Å². The van der Waals surface area contributed by atoms with Crippen molar-refractivity contribution in [2.45, 2.75) is 25.7 Å². The van der Waals surface area contributed by atoms with Gasteiger partial charge in [-0.15, -0.1) is 25.6 Å². The summed E-state index contributed by atoms with van der Waals surface area (Å²) in [7, 11) is 0. The Morgan fingerprint density at radius 1 is 1.35 bits per heavy atom. The van der Waals surface area contributed by atoms with Crippen molar-refractivity contribution in [3.05, 3.63) is 28.8 Å². The van der Waals surface area contributed by atoms with Crippen LogP contribution in [-0.2, 0) is 11.3 Å². The molecule has 0 saturated carbocycles. The average Bonchev–Trinajstić information content (AvgIpc) is 2.45. The van der Waals surface area contributed by atoms with Gasteiger partial charge in [-0.2, -0.15) is 0 Å². The van der Waals surface area contributed by atoms with Crippen molar-refractivity contribution in [3.8, 4) is 5.75 Å². The number of nitrogens with one attached hydrogen (secondary N) is 2. The van der Waals surface area contributed by atoms with E-state index in [0.717, 1.165) is 32.0 Å². The van der Waals surface area contributed by atoms with Crippen LogP contribution in [-0.4, -0.2) is 25.4 Å². The molecule has 4 nitrogen and oxygen atoms in total. The second-order valence-electron chi connectivity index (χ2n) is 5.04. The zero-order chi connectivity index (χ0) is 16.2. The summed E-state index contributed by atoms with van der Waals surface area (Å²) >= 11 is 5.69.